The molecule has 3 unspecified atom stereocenters. The number of hydrogen-bond donors (Lipinski definition) is 2. The first-order chi connectivity index (χ1) is 14.6. The van der Waals surface area contributed by atoms with Crippen molar-refractivity contribution >= 4 is 16.3 Å². The molecule has 1 amide bonds. The molecule has 3 heterocycles. The number of aliphatic hydroxyl groups is 1. The standard InChI is InChI=1S/C21H28N4O5S/c1-21(2,3)30-20(27)23-31(28,29)24-10-8-16(18(26)9-11-24)19-15-7-5-4-6-14(15)17-12-22-13-25(17)19/h4-7,12-13,16,18-19,26H,8-11H2,1-3H3,(H,23,27). The van der Waals surface area contributed by atoms with Crippen molar-refractivity contribution in [3.05, 3.63) is 42.4 Å². The smallest absolute Gasteiger partial charge is 0.422 e. The molecule has 2 aliphatic rings. The van der Waals surface area contributed by atoms with E-state index in [0.29, 0.717) is 6.42 Å². The summed E-state index contributed by atoms with van der Waals surface area (Å²) in [6, 6.07) is 7.90. The lowest BCUT2D eigenvalue weighted by Gasteiger charge is -2.28. The van der Waals surface area contributed by atoms with Crippen LogP contribution in [0.4, 0.5) is 4.79 Å². The minimum absolute atomic E-state index is 0.112. The van der Waals surface area contributed by atoms with Gasteiger partial charge in [-0.05, 0) is 39.2 Å². The van der Waals surface area contributed by atoms with Crippen LogP contribution in [0.25, 0.3) is 11.3 Å². The molecule has 168 valence electrons. The van der Waals surface area contributed by atoms with Gasteiger partial charge in [0.2, 0.25) is 0 Å². The molecule has 1 aromatic heterocycles. The third-order valence-electron chi connectivity index (χ3n) is 5.76. The Hall–Kier alpha value is -2.43. The first-order valence-electron chi connectivity index (χ1n) is 10.4. The summed E-state index contributed by atoms with van der Waals surface area (Å²) in [7, 11) is -4.08. The molecule has 0 radical (unpaired) electrons. The summed E-state index contributed by atoms with van der Waals surface area (Å²) in [6.45, 7) is 5.28. The predicted octanol–water partition coefficient (Wildman–Crippen LogP) is 2.30. The van der Waals surface area contributed by atoms with E-state index in [1.165, 1.54) is 4.31 Å². The summed E-state index contributed by atoms with van der Waals surface area (Å²) in [6.07, 6.45) is 2.56. The number of hydrogen-bond acceptors (Lipinski definition) is 6. The molecule has 0 bridgehead atoms. The minimum Gasteiger partial charge on any atom is -0.443 e. The Kier molecular flexibility index (Phi) is 5.57. The normalized spacial score (nSPS) is 24.2. The van der Waals surface area contributed by atoms with E-state index in [-0.39, 0.29) is 31.5 Å². The topological polar surface area (TPSA) is 114 Å². The van der Waals surface area contributed by atoms with Gasteiger partial charge >= 0.3 is 16.3 Å². The number of aromatic nitrogens is 2. The Balaban J connectivity index is 1.53. The summed E-state index contributed by atoms with van der Waals surface area (Å²) in [5.74, 6) is -0.196. The molecule has 0 saturated carbocycles. The highest BCUT2D eigenvalue weighted by Crippen LogP contribution is 2.45. The van der Waals surface area contributed by atoms with Crippen molar-refractivity contribution < 1.29 is 23.1 Å². The Morgan fingerprint density at radius 1 is 1.23 bits per heavy atom. The molecule has 0 spiro atoms. The van der Waals surface area contributed by atoms with Crippen LogP contribution in [0.1, 0.15) is 45.2 Å². The van der Waals surface area contributed by atoms with Crippen molar-refractivity contribution in [2.45, 2.75) is 51.4 Å². The maximum absolute atomic E-state index is 12.7. The van der Waals surface area contributed by atoms with Crippen LogP contribution in [-0.4, -0.2) is 58.3 Å². The summed E-state index contributed by atoms with van der Waals surface area (Å²) in [4.78, 5) is 16.3. The fourth-order valence-electron chi connectivity index (χ4n) is 4.47. The first-order valence-corrected chi connectivity index (χ1v) is 11.8. The van der Waals surface area contributed by atoms with Crippen molar-refractivity contribution in [1.82, 2.24) is 18.6 Å². The van der Waals surface area contributed by atoms with E-state index in [1.807, 2.05) is 35.2 Å². The second-order valence-corrected chi connectivity index (χ2v) is 10.7. The van der Waals surface area contributed by atoms with Crippen LogP contribution >= 0.6 is 0 Å². The van der Waals surface area contributed by atoms with Crippen molar-refractivity contribution in [1.29, 1.82) is 0 Å². The molecule has 3 atom stereocenters. The van der Waals surface area contributed by atoms with Crippen molar-refractivity contribution in [2.75, 3.05) is 13.1 Å². The van der Waals surface area contributed by atoms with Gasteiger partial charge in [0, 0.05) is 24.6 Å². The number of ether oxygens (including phenoxy) is 1. The van der Waals surface area contributed by atoms with Crippen LogP contribution in [-0.2, 0) is 14.9 Å². The molecular formula is C21H28N4O5S. The molecule has 10 heteroatoms. The zero-order valence-electron chi connectivity index (χ0n) is 17.9. The number of fused-ring (bicyclic) bond motifs is 3. The van der Waals surface area contributed by atoms with E-state index in [2.05, 4.69) is 9.55 Å². The Labute approximate surface area is 182 Å². The molecule has 9 nitrogen and oxygen atoms in total. The van der Waals surface area contributed by atoms with Crippen LogP contribution in [0.15, 0.2) is 36.8 Å². The van der Waals surface area contributed by atoms with Gasteiger partial charge in [-0.1, -0.05) is 24.3 Å². The Morgan fingerprint density at radius 2 is 1.94 bits per heavy atom. The second-order valence-electron chi connectivity index (χ2n) is 9.03. The predicted molar refractivity (Wildman–Crippen MR) is 114 cm³/mol. The maximum Gasteiger partial charge on any atom is 0.422 e. The fourth-order valence-corrected chi connectivity index (χ4v) is 5.55. The Bertz CT molecular complexity index is 1080. The van der Waals surface area contributed by atoms with Crippen LogP contribution in [0.5, 0.6) is 0 Å². The van der Waals surface area contributed by atoms with Crippen molar-refractivity contribution in [3.63, 3.8) is 0 Å². The van der Waals surface area contributed by atoms with Gasteiger partial charge < -0.3 is 14.4 Å². The molecule has 2 aliphatic heterocycles. The van der Waals surface area contributed by atoms with Gasteiger partial charge in [0.25, 0.3) is 0 Å². The number of amides is 1. The zero-order valence-corrected chi connectivity index (χ0v) is 18.7. The number of nitrogens with one attached hydrogen (secondary N) is 1. The molecule has 1 fully saturated rings. The average molecular weight is 449 g/mol. The number of benzene rings is 1. The van der Waals surface area contributed by atoms with Gasteiger partial charge in [-0.2, -0.15) is 12.7 Å². The monoisotopic (exact) mass is 448 g/mol. The van der Waals surface area contributed by atoms with Crippen LogP contribution in [0.3, 0.4) is 0 Å². The number of imidazole rings is 1. The summed E-state index contributed by atoms with van der Waals surface area (Å²) in [5, 5.41) is 10.9. The van der Waals surface area contributed by atoms with E-state index < -0.39 is 28.0 Å². The molecule has 2 aromatic rings. The van der Waals surface area contributed by atoms with Crippen LogP contribution in [0, 0.1) is 5.92 Å². The molecule has 2 N–H and O–H groups in total. The second kappa shape index (κ2) is 7.92. The van der Waals surface area contributed by atoms with Crippen molar-refractivity contribution in [2.24, 2.45) is 5.92 Å². The maximum atomic E-state index is 12.7. The highest BCUT2D eigenvalue weighted by molar-refractivity contribution is 7.87. The SMILES string of the molecule is CC(C)(C)OC(=O)NS(=O)(=O)N1CCC(O)C(C2c3ccccc3-c3cncn32)CC1. The third-order valence-corrected chi connectivity index (χ3v) is 7.23. The average Bonchev–Trinajstić information content (AvgIpc) is 3.17. The van der Waals surface area contributed by atoms with E-state index in [4.69, 9.17) is 4.74 Å². The quantitative estimate of drug-likeness (QED) is 0.745. The van der Waals surface area contributed by atoms with Gasteiger partial charge in [-0.25, -0.2) is 14.5 Å². The molecule has 31 heavy (non-hydrogen) atoms. The molecule has 4 rings (SSSR count). The van der Waals surface area contributed by atoms with Gasteiger partial charge in [-0.15, -0.1) is 0 Å². The van der Waals surface area contributed by atoms with Crippen LogP contribution < -0.4 is 4.72 Å². The molecular weight excluding hydrogens is 420 g/mol. The molecule has 1 aromatic carbocycles. The number of rotatable bonds is 3. The van der Waals surface area contributed by atoms with Gasteiger partial charge in [0.15, 0.2) is 0 Å². The van der Waals surface area contributed by atoms with E-state index in [0.717, 1.165) is 16.8 Å². The lowest BCUT2D eigenvalue weighted by molar-refractivity contribution is 0.0567. The zero-order chi connectivity index (χ0) is 22.4. The van der Waals surface area contributed by atoms with Crippen LogP contribution in [0.2, 0.25) is 0 Å². The highest BCUT2D eigenvalue weighted by atomic mass is 32.2. The fraction of sp³-hybridized carbons (Fsp3) is 0.524. The highest BCUT2D eigenvalue weighted by Gasteiger charge is 2.40. The van der Waals surface area contributed by atoms with Gasteiger partial charge in [0.1, 0.15) is 5.60 Å². The molecule has 0 aliphatic carbocycles. The van der Waals surface area contributed by atoms with E-state index in [9.17, 15) is 18.3 Å². The largest absolute Gasteiger partial charge is 0.443 e. The minimum atomic E-state index is -4.08. The van der Waals surface area contributed by atoms with E-state index in [1.54, 1.807) is 27.1 Å². The number of carbonyl (C=O) groups excluding carboxylic acids is 1. The third kappa shape index (κ3) is 4.32. The number of aliphatic hydroxyl groups excluding tert-OH is 1. The van der Waals surface area contributed by atoms with Gasteiger partial charge in [0.05, 0.1) is 30.4 Å². The lowest BCUT2D eigenvalue weighted by atomic mass is 9.85. The lowest BCUT2D eigenvalue weighted by Crippen LogP contribution is -2.45. The Morgan fingerprint density at radius 3 is 2.68 bits per heavy atom. The summed E-state index contributed by atoms with van der Waals surface area (Å²) >= 11 is 0. The van der Waals surface area contributed by atoms with Gasteiger partial charge in [-0.3, -0.25) is 0 Å². The number of nitrogens with zero attached hydrogens (tertiary/aromatic N) is 3. The summed E-state index contributed by atoms with van der Waals surface area (Å²) < 4.78 is 35.8. The van der Waals surface area contributed by atoms with Crippen molar-refractivity contribution in [3.8, 4) is 11.3 Å². The van der Waals surface area contributed by atoms with E-state index >= 15 is 0 Å². The molecule has 1 saturated heterocycles. The summed E-state index contributed by atoms with van der Waals surface area (Å²) in [5.41, 5.74) is 2.37. The first kappa shape index (κ1) is 21.8. The number of carbonyl (C=O) groups is 1.